The topological polar surface area (TPSA) is 146 Å². The van der Waals surface area contributed by atoms with Gasteiger partial charge in [0.05, 0.1) is 18.8 Å². The maximum Gasteiger partial charge on any atom is 0.368 e. The molecule has 0 spiro atoms. The normalized spacial score (nSPS) is 30.0. The zero-order valence-corrected chi connectivity index (χ0v) is 13.2. The van der Waals surface area contributed by atoms with Crippen molar-refractivity contribution in [1.29, 1.82) is 0 Å². The Morgan fingerprint density at radius 2 is 2.00 bits per heavy atom. The van der Waals surface area contributed by atoms with E-state index in [1.807, 2.05) is 0 Å². The molecule has 0 aliphatic carbocycles. The van der Waals surface area contributed by atoms with Crippen molar-refractivity contribution in [1.82, 2.24) is 5.32 Å². The summed E-state index contributed by atoms with van der Waals surface area (Å²) >= 11 is 0. The summed E-state index contributed by atoms with van der Waals surface area (Å²) in [6, 6.07) is -0.896. The summed E-state index contributed by atoms with van der Waals surface area (Å²) in [4.78, 5) is 22.8. The van der Waals surface area contributed by atoms with Crippen LogP contribution in [0, 0.1) is 0 Å². The molecule has 23 heavy (non-hydrogen) atoms. The van der Waals surface area contributed by atoms with Crippen molar-refractivity contribution in [2.75, 3.05) is 6.61 Å². The monoisotopic (exact) mass is 333 g/mol. The molecule has 132 valence electrons. The first-order chi connectivity index (χ1) is 10.6. The molecule has 0 radical (unpaired) electrons. The van der Waals surface area contributed by atoms with Crippen LogP contribution in [0.1, 0.15) is 20.8 Å². The first kappa shape index (κ1) is 19.5. The van der Waals surface area contributed by atoms with E-state index in [4.69, 9.17) is 14.6 Å². The predicted octanol–water partition coefficient (Wildman–Crippen LogP) is -1.63. The number of carbonyl (C=O) groups excluding carboxylic acids is 1. The van der Waals surface area contributed by atoms with Crippen LogP contribution >= 0.6 is 0 Å². The molecule has 1 heterocycles. The van der Waals surface area contributed by atoms with Gasteiger partial charge in [-0.25, -0.2) is 4.79 Å². The number of amides is 1. The van der Waals surface area contributed by atoms with Crippen LogP contribution in [-0.4, -0.2) is 75.2 Å². The first-order valence-corrected chi connectivity index (χ1v) is 7.15. The molecule has 0 aromatic carbocycles. The Hall–Kier alpha value is -1.52. The number of hydrogen-bond acceptors (Lipinski definition) is 7. The Kier molecular flexibility index (Phi) is 6.66. The number of hydrogen-bond donors (Lipinski definition) is 5. The Labute approximate surface area is 133 Å². The van der Waals surface area contributed by atoms with Crippen LogP contribution in [0.3, 0.4) is 0 Å². The van der Waals surface area contributed by atoms with E-state index in [9.17, 15) is 24.9 Å². The number of rotatable bonds is 7. The van der Waals surface area contributed by atoms with Crippen LogP contribution < -0.4 is 5.32 Å². The summed E-state index contributed by atoms with van der Waals surface area (Å²) in [6.45, 7) is 3.69. The summed E-state index contributed by atoms with van der Waals surface area (Å²) in [5, 5.41) is 40.6. The highest BCUT2D eigenvalue weighted by molar-refractivity contribution is 5.79. The Morgan fingerprint density at radius 3 is 2.43 bits per heavy atom. The molecule has 0 fully saturated rings. The van der Waals surface area contributed by atoms with E-state index in [2.05, 4.69) is 5.32 Å². The molecule has 1 aliphatic rings. The molecule has 5 atom stereocenters. The number of carboxylic acids is 1. The van der Waals surface area contributed by atoms with Gasteiger partial charge in [-0.3, -0.25) is 4.79 Å². The molecular weight excluding hydrogens is 310 g/mol. The van der Waals surface area contributed by atoms with E-state index in [1.54, 1.807) is 13.8 Å². The lowest BCUT2D eigenvalue weighted by atomic mass is 9.96. The van der Waals surface area contributed by atoms with Gasteiger partial charge in [0.1, 0.15) is 18.3 Å². The van der Waals surface area contributed by atoms with Crippen molar-refractivity contribution >= 4 is 11.9 Å². The Bertz CT molecular complexity index is 466. The van der Waals surface area contributed by atoms with Crippen molar-refractivity contribution < 1.29 is 39.5 Å². The minimum Gasteiger partial charge on any atom is -0.477 e. The van der Waals surface area contributed by atoms with Crippen molar-refractivity contribution in [2.45, 2.75) is 57.0 Å². The predicted molar refractivity (Wildman–Crippen MR) is 77.3 cm³/mol. The molecule has 0 aromatic rings. The van der Waals surface area contributed by atoms with Crippen LogP contribution in [-0.2, 0) is 19.1 Å². The van der Waals surface area contributed by atoms with E-state index < -0.39 is 54.7 Å². The summed E-state index contributed by atoms with van der Waals surface area (Å²) in [6.07, 6.45) is -2.61. The van der Waals surface area contributed by atoms with Gasteiger partial charge < -0.3 is 35.2 Å². The third-order valence-corrected chi connectivity index (χ3v) is 3.18. The van der Waals surface area contributed by atoms with Gasteiger partial charge in [-0.1, -0.05) is 6.08 Å². The Morgan fingerprint density at radius 1 is 1.39 bits per heavy atom. The fourth-order valence-electron chi connectivity index (χ4n) is 2.22. The third kappa shape index (κ3) is 4.72. The molecular formula is C14H23NO8. The summed E-state index contributed by atoms with van der Waals surface area (Å²) in [7, 11) is 0. The lowest BCUT2D eigenvalue weighted by Gasteiger charge is -2.41. The van der Waals surface area contributed by atoms with Crippen LogP contribution in [0.25, 0.3) is 0 Å². The number of nitrogens with one attached hydrogen (secondary N) is 1. The highest BCUT2D eigenvalue weighted by Crippen LogP contribution is 2.29. The molecule has 1 amide bonds. The number of aliphatic hydroxyl groups excluding tert-OH is 3. The van der Waals surface area contributed by atoms with Gasteiger partial charge in [-0.15, -0.1) is 0 Å². The van der Waals surface area contributed by atoms with Gasteiger partial charge in [0.2, 0.25) is 5.91 Å². The molecule has 0 saturated carbocycles. The molecule has 5 N–H and O–H groups in total. The molecule has 1 rings (SSSR count). The maximum atomic E-state index is 11.6. The fraction of sp³-hybridized carbons (Fsp3) is 0.714. The zero-order valence-electron chi connectivity index (χ0n) is 13.2. The van der Waals surface area contributed by atoms with Gasteiger partial charge in [0, 0.05) is 6.92 Å². The number of ether oxygens (including phenoxy) is 2. The lowest BCUT2D eigenvalue weighted by molar-refractivity contribution is -0.271. The van der Waals surface area contributed by atoms with Gasteiger partial charge >= 0.3 is 5.97 Å². The van der Waals surface area contributed by atoms with Crippen molar-refractivity contribution in [3.05, 3.63) is 12.2 Å². The molecule has 0 aromatic heterocycles. The summed E-state index contributed by atoms with van der Waals surface area (Å²) in [5.74, 6) is -4.05. The molecule has 9 nitrogen and oxygen atoms in total. The SMILES string of the molecule is CC(=O)N[C@@H]1C=C[C@](OC(C)C)(C(=O)O)O[C@H]1[C@H](O)[C@H](O)CO. The van der Waals surface area contributed by atoms with Gasteiger partial charge in [0.15, 0.2) is 0 Å². The summed E-state index contributed by atoms with van der Waals surface area (Å²) in [5.41, 5.74) is 0. The zero-order chi connectivity index (χ0) is 17.8. The standard InChI is InChI=1S/C14H23NO8/c1-7(2)22-14(13(20)21)5-4-9(15-8(3)17)12(23-14)11(19)10(18)6-16/h4-5,7,9-12,16,18-19H,6H2,1-3H3,(H,15,17)(H,20,21)/t9-,10-,11-,12-,14-/m1/s1. The second-order valence-electron chi connectivity index (χ2n) is 5.55. The second kappa shape index (κ2) is 7.84. The number of carboxylic acid groups (broad SMARTS) is 1. The van der Waals surface area contributed by atoms with Crippen LogP contribution in [0.15, 0.2) is 12.2 Å². The van der Waals surface area contributed by atoms with Crippen LogP contribution in [0.2, 0.25) is 0 Å². The van der Waals surface area contributed by atoms with Gasteiger partial charge in [0.25, 0.3) is 5.79 Å². The molecule has 9 heteroatoms. The highest BCUT2D eigenvalue weighted by atomic mass is 16.7. The van der Waals surface area contributed by atoms with E-state index in [1.165, 1.54) is 13.0 Å². The number of aliphatic carboxylic acids is 1. The fourth-order valence-corrected chi connectivity index (χ4v) is 2.22. The quantitative estimate of drug-likeness (QED) is 0.349. The first-order valence-electron chi connectivity index (χ1n) is 7.15. The smallest absolute Gasteiger partial charge is 0.368 e. The third-order valence-electron chi connectivity index (χ3n) is 3.18. The maximum absolute atomic E-state index is 11.6. The number of aliphatic hydroxyl groups is 3. The second-order valence-corrected chi connectivity index (χ2v) is 5.55. The van der Waals surface area contributed by atoms with E-state index in [-0.39, 0.29) is 0 Å². The van der Waals surface area contributed by atoms with Crippen molar-refractivity contribution in [3.63, 3.8) is 0 Å². The van der Waals surface area contributed by atoms with E-state index in [0.29, 0.717) is 0 Å². The minimum absolute atomic E-state index is 0.438. The summed E-state index contributed by atoms with van der Waals surface area (Å²) < 4.78 is 10.7. The van der Waals surface area contributed by atoms with E-state index in [0.717, 1.165) is 6.08 Å². The minimum atomic E-state index is -2.16. The van der Waals surface area contributed by atoms with Gasteiger partial charge in [-0.05, 0) is 19.9 Å². The average Bonchev–Trinajstić information content (AvgIpc) is 2.46. The Balaban J connectivity index is 3.18. The molecule has 1 aliphatic heterocycles. The average molecular weight is 333 g/mol. The molecule has 0 saturated heterocycles. The number of carbonyl (C=O) groups is 2. The lowest BCUT2D eigenvalue weighted by Crippen LogP contribution is -2.61. The molecule has 0 unspecified atom stereocenters. The van der Waals surface area contributed by atoms with E-state index >= 15 is 0 Å². The van der Waals surface area contributed by atoms with Crippen LogP contribution in [0.5, 0.6) is 0 Å². The van der Waals surface area contributed by atoms with Crippen molar-refractivity contribution in [3.8, 4) is 0 Å². The largest absolute Gasteiger partial charge is 0.477 e. The molecule has 0 bridgehead atoms. The highest BCUT2D eigenvalue weighted by Gasteiger charge is 2.49. The van der Waals surface area contributed by atoms with Gasteiger partial charge in [-0.2, -0.15) is 0 Å². The van der Waals surface area contributed by atoms with Crippen molar-refractivity contribution in [2.24, 2.45) is 0 Å². The van der Waals surface area contributed by atoms with Crippen LogP contribution in [0.4, 0.5) is 0 Å².